The Balaban J connectivity index is 0.00000392. The molecular weight excluding hydrogens is 516 g/mol. The fourth-order valence-electron chi connectivity index (χ4n) is 2.66. The first-order valence-electron chi connectivity index (χ1n) is 8.20. The Morgan fingerprint density at radius 1 is 1.07 bits per heavy atom. The van der Waals surface area contributed by atoms with E-state index in [1.54, 1.807) is 39.5 Å². The summed E-state index contributed by atoms with van der Waals surface area (Å²) < 4.78 is 16.1. The van der Waals surface area contributed by atoms with Crippen molar-refractivity contribution in [1.82, 2.24) is 5.32 Å². The molecule has 3 N–H and O–H groups in total. The van der Waals surface area contributed by atoms with Crippen molar-refractivity contribution in [3.8, 4) is 17.2 Å². The summed E-state index contributed by atoms with van der Waals surface area (Å²) in [6.45, 7) is 2.25. The molecule has 6 nitrogen and oxygen atoms in total. The summed E-state index contributed by atoms with van der Waals surface area (Å²) >= 11 is 12.2. The van der Waals surface area contributed by atoms with E-state index in [9.17, 15) is 0 Å². The van der Waals surface area contributed by atoms with Crippen LogP contribution in [-0.4, -0.2) is 27.3 Å². The molecule has 2 aromatic rings. The quantitative estimate of drug-likeness (QED) is 0.300. The maximum atomic E-state index is 6.23. The second-order valence-corrected chi connectivity index (χ2v) is 6.57. The lowest BCUT2D eigenvalue weighted by Crippen LogP contribution is -2.34. The van der Waals surface area contributed by atoms with Gasteiger partial charge in [0.05, 0.1) is 33.9 Å². The van der Waals surface area contributed by atoms with E-state index in [0.717, 1.165) is 11.1 Å². The van der Waals surface area contributed by atoms with Crippen LogP contribution in [0.5, 0.6) is 17.2 Å². The van der Waals surface area contributed by atoms with Crippen molar-refractivity contribution in [2.75, 3.05) is 21.3 Å². The molecule has 0 aliphatic heterocycles. The zero-order chi connectivity index (χ0) is 20.0. The molecule has 0 aliphatic carbocycles. The molecule has 154 valence electrons. The molecule has 0 aromatic heterocycles. The van der Waals surface area contributed by atoms with Crippen molar-refractivity contribution in [1.29, 1.82) is 0 Å². The van der Waals surface area contributed by atoms with E-state index in [-0.39, 0.29) is 36.0 Å². The standard InChI is InChI=1S/C19H23Cl2N3O3.HI/c1-11(14-7-6-13(20)9-15(14)21)24-19(22)23-10-12-5-8-16(25-2)18(27-4)17(12)26-3;/h5-9,11H,10H2,1-4H3,(H3,22,23,24);1H. The predicted octanol–water partition coefficient (Wildman–Crippen LogP) is 4.80. The van der Waals surface area contributed by atoms with E-state index < -0.39 is 0 Å². The van der Waals surface area contributed by atoms with Gasteiger partial charge < -0.3 is 25.3 Å². The van der Waals surface area contributed by atoms with Crippen LogP contribution in [0.2, 0.25) is 10.0 Å². The zero-order valence-electron chi connectivity index (χ0n) is 16.1. The van der Waals surface area contributed by atoms with Crippen molar-refractivity contribution in [3.05, 3.63) is 51.5 Å². The van der Waals surface area contributed by atoms with Crippen LogP contribution in [0.3, 0.4) is 0 Å². The van der Waals surface area contributed by atoms with Gasteiger partial charge in [-0.1, -0.05) is 29.3 Å². The Kier molecular flexibility index (Phi) is 9.98. The summed E-state index contributed by atoms with van der Waals surface area (Å²) in [7, 11) is 4.69. The predicted molar refractivity (Wildman–Crippen MR) is 125 cm³/mol. The molecular formula is C19H24Cl2IN3O3. The Hall–Kier alpha value is -1.58. The van der Waals surface area contributed by atoms with Gasteiger partial charge in [0.25, 0.3) is 0 Å². The van der Waals surface area contributed by atoms with Gasteiger partial charge in [-0.2, -0.15) is 0 Å². The number of guanidine groups is 1. The highest BCUT2D eigenvalue weighted by Crippen LogP contribution is 2.40. The van der Waals surface area contributed by atoms with Crippen molar-refractivity contribution in [3.63, 3.8) is 0 Å². The minimum atomic E-state index is -0.134. The minimum absolute atomic E-state index is 0. The molecule has 0 aliphatic rings. The first-order valence-corrected chi connectivity index (χ1v) is 8.96. The smallest absolute Gasteiger partial charge is 0.203 e. The van der Waals surface area contributed by atoms with Crippen LogP contribution >= 0.6 is 47.2 Å². The molecule has 1 atom stereocenters. The number of nitrogens with zero attached hydrogens (tertiary/aromatic N) is 1. The molecule has 9 heteroatoms. The van der Waals surface area contributed by atoms with Crippen LogP contribution in [0, 0.1) is 0 Å². The van der Waals surface area contributed by atoms with Gasteiger partial charge in [0.2, 0.25) is 5.75 Å². The number of ether oxygens (including phenoxy) is 3. The summed E-state index contributed by atoms with van der Waals surface area (Å²) in [4.78, 5) is 4.38. The number of hydrogen-bond acceptors (Lipinski definition) is 4. The number of rotatable bonds is 7. The SMILES string of the molecule is COc1ccc(CN=C(N)NC(C)c2ccc(Cl)cc2Cl)c(OC)c1OC.I. The van der Waals surface area contributed by atoms with Crippen LogP contribution < -0.4 is 25.3 Å². The summed E-state index contributed by atoms with van der Waals surface area (Å²) in [5.41, 5.74) is 7.73. The fourth-order valence-corrected chi connectivity index (χ4v) is 3.23. The third-order valence-electron chi connectivity index (χ3n) is 4.00. The van der Waals surface area contributed by atoms with Crippen molar-refractivity contribution in [2.24, 2.45) is 10.7 Å². The maximum absolute atomic E-state index is 6.23. The number of hydrogen-bond donors (Lipinski definition) is 2. The Morgan fingerprint density at radius 2 is 1.75 bits per heavy atom. The van der Waals surface area contributed by atoms with Crippen LogP contribution in [0.25, 0.3) is 0 Å². The highest BCUT2D eigenvalue weighted by atomic mass is 127. The number of nitrogens with two attached hydrogens (primary N) is 1. The van der Waals surface area contributed by atoms with E-state index in [0.29, 0.717) is 33.8 Å². The molecule has 0 bridgehead atoms. The summed E-state index contributed by atoms with van der Waals surface area (Å²) in [6, 6.07) is 8.85. The molecule has 0 fully saturated rings. The number of halogens is 3. The number of nitrogens with one attached hydrogen (secondary N) is 1. The van der Waals surface area contributed by atoms with E-state index in [1.165, 1.54) is 0 Å². The molecule has 1 unspecified atom stereocenters. The van der Waals surface area contributed by atoms with Gasteiger partial charge in [-0.25, -0.2) is 4.99 Å². The maximum Gasteiger partial charge on any atom is 0.203 e. The lowest BCUT2D eigenvalue weighted by Gasteiger charge is -2.17. The van der Waals surface area contributed by atoms with Gasteiger partial charge in [0.1, 0.15) is 0 Å². The van der Waals surface area contributed by atoms with Crippen LogP contribution in [0.15, 0.2) is 35.3 Å². The number of aliphatic imine (C=N–C) groups is 1. The number of benzene rings is 2. The van der Waals surface area contributed by atoms with Crippen LogP contribution in [0.4, 0.5) is 0 Å². The van der Waals surface area contributed by atoms with E-state index in [1.807, 2.05) is 19.1 Å². The summed E-state index contributed by atoms with van der Waals surface area (Å²) in [5.74, 6) is 1.94. The Bertz CT molecular complexity index is 834. The van der Waals surface area contributed by atoms with Crippen molar-refractivity contribution in [2.45, 2.75) is 19.5 Å². The van der Waals surface area contributed by atoms with Gasteiger partial charge in [0.15, 0.2) is 17.5 Å². The van der Waals surface area contributed by atoms with Crippen molar-refractivity contribution < 1.29 is 14.2 Å². The van der Waals surface area contributed by atoms with Gasteiger partial charge in [-0.15, -0.1) is 24.0 Å². The first-order chi connectivity index (χ1) is 12.9. The second kappa shape index (κ2) is 11.4. The third kappa shape index (κ3) is 5.96. The van der Waals surface area contributed by atoms with Crippen LogP contribution in [0.1, 0.15) is 24.1 Å². The molecule has 0 saturated heterocycles. The Morgan fingerprint density at radius 3 is 2.32 bits per heavy atom. The summed E-state index contributed by atoms with van der Waals surface area (Å²) in [5, 5.41) is 4.27. The highest BCUT2D eigenvalue weighted by molar-refractivity contribution is 14.0. The molecule has 0 spiro atoms. The summed E-state index contributed by atoms with van der Waals surface area (Å²) in [6.07, 6.45) is 0. The third-order valence-corrected chi connectivity index (χ3v) is 4.56. The van der Waals surface area contributed by atoms with E-state index >= 15 is 0 Å². The zero-order valence-corrected chi connectivity index (χ0v) is 19.9. The average Bonchev–Trinajstić information content (AvgIpc) is 2.65. The molecule has 2 rings (SSSR count). The molecule has 2 aromatic carbocycles. The van der Waals surface area contributed by atoms with Gasteiger partial charge in [-0.3, -0.25) is 0 Å². The molecule has 0 saturated carbocycles. The normalized spacial score (nSPS) is 12.0. The number of methoxy groups -OCH3 is 3. The average molecular weight is 540 g/mol. The lowest BCUT2D eigenvalue weighted by atomic mass is 10.1. The van der Waals surface area contributed by atoms with E-state index in [2.05, 4.69) is 10.3 Å². The topological polar surface area (TPSA) is 78.1 Å². The molecule has 0 heterocycles. The lowest BCUT2D eigenvalue weighted by molar-refractivity contribution is 0.322. The second-order valence-electron chi connectivity index (χ2n) is 5.73. The highest BCUT2D eigenvalue weighted by Gasteiger charge is 2.16. The molecule has 0 amide bonds. The molecule has 0 radical (unpaired) electrons. The van der Waals surface area contributed by atoms with Gasteiger partial charge in [-0.05, 0) is 36.8 Å². The Labute approximate surface area is 192 Å². The molecule has 28 heavy (non-hydrogen) atoms. The van der Waals surface area contributed by atoms with Gasteiger partial charge >= 0.3 is 0 Å². The van der Waals surface area contributed by atoms with E-state index in [4.69, 9.17) is 43.1 Å². The first kappa shape index (κ1) is 24.5. The fraction of sp³-hybridized carbons (Fsp3) is 0.316. The largest absolute Gasteiger partial charge is 0.493 e. The van der Waals surface area contributed by atoms with Gasteiger partial charge in [0, 0.05) is 15.6 Å². The van der Waals surface area contributed by atoms with Crippen LogP contribution in [-0.2, 0) is 6.54 Å². The van der Waals surface area contributed by atoms with Crippen molar-refractivity contribution >= 4 is 53.1 Å². The minimum Gasteiger partial charge on any atom is -0.493 e. The monoisotopic (exact) mass is 539 g/mol.